The molecule has 5 aromatic rings. The van der Waals surface area contributed by atoms with Gasteiger partial charge in [-0.25, -0.2) is 13.5 Å². The van der Waals surface area contributed by atoms with Gasteiger partial charge in [0.05, 0.1) is 5.56 Å². The standard InChI is InChI=1S/C22H12F3N5O2/c23-16-8-4-5-9-18(16)30-20(13-6-2-1-3-7-13)19(27-29-30)22-26-21(28-32-22)15-11-10-14(31-25)12-17(15)24/h1-12H. The van der Waals surface area contributed by atoms with Gasteiger partial charge in [-0.2, -0.15) is 4.98 Å². The maximum Gasteiger partial charge on any atom is 0.281 e. The third-order valence-electron chi connectivity index (χ3n) is 4.70. The molecule has 0 radical (unpaired) electrons. The van der Waals surface area contributed by atoms with E-state index in [9.17, 15) is 13.3 Å². The molecule has 7 nitrogen and oxygen atoms in total. The van der Waals surface area contributed by atoms with Gasteiger partial charge in [-0.05, 0) is 24.3 Å². The summed E-state index contributed by atoms with van der Waals surface area (Å²) in [4.78, 5) is 7.74. The van der Waals surface area contributed by atoms with E-state index in [-0.39, 0.29) is 34.4 Å². The zero-order valence-electron chi connectivity index (χ0n) is 16.1. The molecule has 2 heterocycles. The summed E-state index contributed by atoms with van der Waals surface area (Å²) in [6.45, 7) is 0. The van der Waals surface area contributed by atoms with E-state index in [4.69, 9.17) is 4.52 Å². The fourth-order valence-corrected chi connectivity index (χ4v) is 3.23. The van der Waals surface area contributed by atoms with Gasteiger partial charge in [0.25, 0.3) is 5.89 Å². The summed E-state index contributed by atoms with van der Waals surface area (Å²) in [6.07, 6.45) is 0. The fourth-order valence-electron chi connectivity index (χ4n) is 3.23. The van der Waals surface area contributed by atoms with Gasteiger partial charge in [-0.1, -0.05) is 52.8 Å². The van der Waals surface area contributed by atoms with Gasteiger partial charge in [0.1, 0.15) is 23.0 Å². The summed E-state index contributed by atoms with van der Waals surface area (Å²) in [5.74, 6) is -1.72. The first kappa shape index (κ1) is 19.5. The average molecular weight is 435 g/mol. The van der Waals surface area contributed by atoms with E-state index in [0.29, 0.717) is 11.3 Å². The van der Waals surface area contributed by atoms with Crippen LogP contribution in [0.4, 0.5) is 13.3 Å². The van der Waals surface area contributed by atoms with Crippen molar-refractivity contribution in [1.29, 1.82) is 0 Å². The minimum atomic E-state index is -0.800. The van der Waals surface area contributed by atoms with Crippen molar-refractivity contribution in [2.45, 2.75) is 0 Å². The van der Waals surface area contributed by atoms with Gasteiger partial charge in [-0.15, -0.1) is 5.10 Å². The molecule has 0 fully saturated rings. The van der Waals surface area contributed by atoms with E-state index < -0.39 is 11.6 Å². The largest absolute Gasteiger partial charge is 0.332 e. The molecule has 2 aromatic heterocycles. The molecule has 0 bridgehead atoms. The smallest absolute Gasteiger partial charge is 0.281 e. The van der Waals surface area contributed by atoms with E-state index in [1.165, 1.54) is 22.9 Å². The van der Waals surface area contributed by atoms with Gasteiger partial charge in [0, 0.05) is 16.2 Å². The Labute approximate surface area is 178 Å². The molecule has 10 heteroatoms. The predicted molar refractivity (Wildman–Crippen MR) is 107 cm³/mol. The van der Waals surface area contributed by atoms with Gasteiger partial charge in [-0.3, -0.25) is 4.94 Å². The number of rotatable bonds is 5. The molecule has 0 aliphatic carbocycles. The van der Waals surface area contributed by atoms with E-state index in [1.54, 1.807) is 42.5 Å². The van der Waals surface area contributed by atoms with E-state index >= 15 is 0 Å². The van der Waals surface area contributed by atoms with E-state index in [1.807, 2.05) is 6.07 Å². The van der Waals surface area contributed by atoms with Crippen molar-refractivity contribution in [3.05, 3.63) is 84.4 Å². The Balaban J connectivity index is 1.65. The molecule has 0 spiro atoms. The second kappa shape index (κ2) is 7.99. The molecule has 0 unspecified atom stereocenters. The van der Waals surface area contributed by atoms with Crippen LogP contribution in [0, 0.1) is 11.6 Å². The summed E-state index contributed by atoms with van der Waals surface area (Å²) in [5, 5.41) is 12.0. The Kier molecular flexibility index (Phi) is 4.86. The van der Waals surface area contributed by atoms with Crippen LogP contribution in [0.2, 0.25) is 0 Å². The van der Waals surface area contributed by atoms with Gasteiger partial charge < -0.3 is 4.52 Å². The summed E-state index contributed by atoms with van der Waals surface area (Å²) in [6, 6.07) is 18.5. The van der Waals surface area contributed by atoms with Crippen molar-refractivity contribution < 1.29 is 22.8 Å². The van der Waals surface area contributed by atoms with Crippen LogP contribution in [0.25, 0.3) is 39.9 Å². The number of hydrogen-bond acceptors (Lipinski definition) is 6. The Hall–Kier alpha value is -4.47. The maximum atomic E-state index is 14.5. The molecule has 0 atom stereocenters. The average Bonchev–Trinajstić information content (AvgIpc) is 3.47. The molecule has 32 heavy (non-hydrogen) atoms. The van der Waals surface area contributed by atoms with Crippen LogP contribution in [-0.2, 0) is 0 Å². The van der Waals surface area contributed by atoms with Crippen LogP contribution in [0.5, 0.6) is 5.75 Å². The number of nitrogens with zero attached hydrogens (tertiary/aromatic N) is 5. The predicted octanol–water partition coefficient (Wildman–Crippen LogP) is 5.19. The highest BCUT2D eigenvalue weighted by Gasteiger charge is 2.24. The van der Waals surface area contributed by atoms with Crippen LogP contribution in [0.3, 0.4) is 0 Å². The minimum absolute atomic E-state index is 0.0245. The van der Waals surface area contributed by atoms with Crippen molar-refractivity contribution in [2.75, 3.05) is 0 Å². The zero-order chi connectivity index (χ0) is 22.1. The molecule has 3 aromatic carbocycles. The first-order chi connectivity index (χ1) is 15.7. The van der Waals surface area contributed by atoms with Crippen molar-refractivity contribution >= 4 is 0 Å². The second-order valence-electron chi connectivity index (χ2n) is 6.66. The number of halogens is 3. The van der Waals surface area contributed by atoms with Crippen LogP contribution in [-0.4, -0.2) is 25.1 Å². The van der Waals surface area contributed by atoms with Crippen molar-refractivity contribution in [3.8, 4) is 45.7 Å². The van der Waals surface area contributed by atoms with Gasteiger partial charge in [0.2, 0.25) is 5.82 Å². The highest BCUT2D eigenvalue weighted by atomic mass is 19.3. The van der Waals surface area contributed by atoms with Crippen LogP contribution < -0.4 is 4.94 Å². The molecular weight excluding hydrogens is 423 g/mol. The number of aromatic nitrogens is 5. The number of para-hydroxylation sites is 1. The van der Waals surface area contributed by atoms with E-state index in [2.05, 4.69) is 25.4 Å². The third-order valence-corrected chi connectivity index (χ3v) is 4.70. The molecule has 0 aliphatic rings. The van der Waals surface area contributed by atoms with Gasteiger partial charge >= 0.3 is 0 Å². The quantitative estimate of drug-likeness (QED) is 0.378. The fraction of sp³-hybridized carbons (Fsp3) is 0. The Morgan fingerprint density at radius 1 is 0.875 bits per heavy atom. The lowest BCUT2D eigenvalue weighted by Crippen LogP contribution is -2.02. The highest BCUT2D eigenvalue weighted by molar-refractivity contribution is 5.76. The topological polar surface area (TPSA) is 78.9 Å². The van der Waals surface area contributed by atoms with Crippen LogP contribution in [0.1, 0.15) is 0 Å². The monoisotopic (exact) mass is 435 g/mol. The molecule has 0 N–H and O–H groups in total. The summed E-state index contributed by atoms with van der Waals surface area (Å²) < 4.78 is 47.7. The van der Waals surface area contributed by atoms with Crippen LogP contribution >= 0.6 is 0 Å². The lowest BCUT2D eigenvalue weighted by Gasteiger charge is -2.08. The van der Waals surface area contributed by atoms with Crippen molar-refractivity contribution in [2.24, 2.45) is 0 Å². The second-order valence-corrected chi connectivity index (χ2v) is 6.66. The summed E-state index contributed by atoms with van der Waals surface area (Å²) in [7, 11) is 0. The highest BCUT2D eigenvalue weighted by Crippen LogP contribution is 2.33. The molecular formula is C22H12F3N5O2. The molecule has 158 valence electrons. The summed E-state index contributed by atoms with van der Waals surface area (Å²) >= 11 is 0. The molecule has 0 saturated carbocycles. The number of benzene rings is 3. The molecule has 0 aliphatic heterocycles. The molecule has 0 amide bonds. The first-order valence-electron chi connectivity index (χ1n) is 9.34. The lowest BCUT2D eigenvalue weighted by molar-refractivity contribution is -0.00652. The summed E-state index contributed by atoms with van der Waals surface area (Å²) in [5.41, 5.74) is 1.42. The Morgan fingerprint density at radius 3 is 2.41 bits per heavy atom. The van der Waals surface area contributed by atoms with Crippen molar-refractivity contribution in [3.63, 3.8) is 0 Å². The molecule has 0 saturated heterocycles. The van der Waals surface area contributed by atoms with Crippen LogP contribution in [0.15, 0.2) is 77.3 Å². The Bertz CT molecular complexity index is 1400. The lowest BCUT2D eigenvalue weighted by atomic mass is 10.1. The normalized spacial score (nSPS) is 11.0. The van der Waals surface area contributed by atoms with E-state index in [0.717, 1.165) is 6.07 Å². The Morgan fingerprint density at radius 2 is 1.66 bits per heavy atom. The number of hydrogen-bond donors (Lipinski definition) is 0. The maximum absolute atomic E-state index is 14.5. The molecule has 5 rings (SSSR count). The first-order valence-corrected chi connectivity index (χ1v) is 9.34. The van der Waals surface area contributed by atoms with Gasteiger partial charge in [0.15, 0.2) is 11.4 Å². The van der Waals surface area contributed by atoms with Crippen molar-refractivity contribution in [1.82, 2.24) is 25.1 Å². The SMILES string of the molecule is FOc1ccc(-c2noc(-c3nnn(-c4ccccc4F)c3-c3ccccc3)n2)c(F)c1. The zero-order valence-corrected chi connectivity index (χ0v) is 16.1. The minimum Gasteiger partial charge on any atom is -0.332 e. The third kappa shape index (κ3) is 3.37.